The molecular weight excluding hydrogens is 318 g/mol. The van der Waals surface area contributed by atoms with Crippen molar-refractivity contribution < 1.29 is 9.84 Å². The van der Waals surface area contributed by atoms with Gasteiger partial charge in [-0.2, -0.15) is 5.10 Å². The molecule has 0 aliphatic rings. The first-order chi connectivity index (χ1) is 12.2. The van der Waals surface area contributed by atoms with Crippen LogP contribution in [0.5, 0.6) is 0 Å². The average Bonchev–Trinajstić information content (AvgIpc) is 3.30. The third-order valence-corrected chi connectivity index (χ3v) is 4.03. The molecule has 0 fully saturated rings. The summed E-state index contributed by atoms with van der Waals surface area (Å²) in [6.07, 6.45) is 6.29. The van der Waals surface area contributed by atoms with Crippen LogP contribution in [0, 0.1) is 0 Å². The highest BCUT2D eigenvalue weighted by atomic mass is 16.5. The van der Waals surface area contributed by atoms with Crippen LogP contribution in [0.4, 0.5) is 0 Å². The highest BCUT2D eigenvalue weighted by Crippen LogP contribution is 2.20. The summed E-state index contributed by atoms with van der Waals surface area (Å²) in [6, 6.07) is 8.05. The molecule has 132 valence electrons. The summed E-state index contributed by atoms with van der Waals surface area (Å²) >= 11 is 0. The zero-order chi connectivity index (χ0) is 17.6. The molecule has 3 rings (SSSR count). The second-order valence-electron chi connectivity index (χ2n) is 5.86. The largest absolute Gasteiger partial charge is 0.391 e. The first-order valence-corrected chi connectivity index (χ1v) is 8.40. The zero-order valence-corrected chi connectivity index (χ0v) is 14.5. The van der Waals surface area contributed by atoms with Crippen molar-refractivity contribution in [3.05, 3.63) is 48.8 Å². The molecule has 0 saturated heterocycles. The fourth-order valence-corrected chi connectivity index (χ4v) is 2.55. The van der Waals surface area contributed by atoms with Crippen molar-refractivity contribution >= 4 is 0 Å². The normalized spacial score (nSPS) is 12.4. The lowest BCUT2D eigenvalue weighted by Gasteiger charge is -2.10. The maximum atomic E-state index is 10.0. The van der Waals surface area contributed by atoms with Crippen molar-refractivity contribution in [2.75, 3.05) is 13.7 Å². The van der Waals surface area contributed by atoms with E-state index >= 15 is 0 Å². The molecule has 0 saturated carbocycles. The van der Waals surface area contributed by atoms with Gasteiger partial charge in [0.15, 0.2) is 11.6 Å². The minimum atomic E-state index is -0.444. The predicted molar refractivity (Wildman–Crippen MR) is 94.5 cm³/mol. The number of benzene rings is 1. The summed E-state index contributed by atoms with van der Waals surface area (Å²) in [7, 11) is 1.66. The Morgan fingerprint density at radius 2 is 2.04 bits per heavy atom. The lowest BCUT2D eigenvalue weighted by molar-refractivity contribution is 0.145. The SMILES string of the molecule is CCC(O)Cn1nc(CCOC)nc1-c1ccc(-n2ccnc2)cc1. The lowest BCUT2D eigenvalue weighted by Crippen LogP contribution is -2.17. The summed E-state index contributed by atoms with van der Waals surface area (Å²) in [5, 5.41) is 14.5. The summed E-state index contributed by atoms with van der Waals surface area (Å²) in [5.74, 6) is 1.48. The van der Waals surface area contributed by atoms with Gasteiger partial charge in [0.05, 0.1) is 25.6 Å². The van der Waals surface area contributed by atoms with E-state index in [-0.39, 0.29) is 0 Å². The van der Waals surface area contributed by atoms with Crippen LogP contribution in [0.3, 0.4) is 0 Å². The Bertz CT molecular complexity index is 780. The molecule has 25 heavy (non-hydrogen) atoms. The van der Waals surface area contributed by atoms with Gasteiger partial charge in [0, 0.05) is 37.2 Å². The Hall–Kier alpha value is -2.51. The van der Waals surface area contributed by atoms with Crippen LogP contribution < -0.4 is 0 Å². The van der Waals surface area contributed by atoms with Gasteiger partial charge < -0.3 is 14.4 Å². The van der Waals surface area contributed by atoms with Crippen molar-refractivity contribution in [1.82, 2.24) is 24.3 Å². The highest BCUT2D eigenvalue weighted by molar-refractivity contribution is 5.57. The van der Waals surface area contributed by atoms with Gasteiger partial charge in [-0.15, -0.1) is 0 Å². The first-order valence-electron chi connectivity index (χ1n) is 8.40. The number of nitrogens with zero attached hydrogens (tertiary/aromatic N) is 5. The summed E-state index contributed by atoms with van der Waals surface area (Å²) in [4.78, 5) is 8.70. The maximum absolute atomic E-state index is 10.0. The Morgan fingerprint density at radius 1 is 1.24 bits per heavy atom. The molecule has 0 aliphatic heterocycles. The van der Waals surface area contributed by atoms with Crippen LogP contribution in [0.25, 0.3) is 17.1 Å². The fraction of sp³-hybridized carbons (Fsp3) is 0.389. The molecule has 0 amide bonds. The van der Waals surface area contributed by atoms with Crippen molar-refractivity contribution in [1.29, 1.82) is 0 Å². The molecule has 1 unspecified atom stereocenters. The van der Waals surface area contributed by atoms with E-state index in [2.05, 4.69) is 15.1 Å². The second kappa shape index (κ2) is 8.04. The molecule has 3 aromatic rings. The Balaban J connectivity index is 1.89. The minimum Gasteiger partial charge on any atom is -0.391 e. The van der Waals surface area contributed by atoms with E-state index in [1.54, 1.807) is 24.3 Å². The number of ether oxygens (including phenoxy) is 1. The molecule has 1 aromatic carbocycles. The van der Waals surface area contributed by atoms with Gasteiger partial charge in [-0.05, 0) is 30.7 Å². The van der Waals surface area contributed by atoms with E-state index in [9.17, 15) is 5.11 Å². The standard InChI is InChI=1S/C18H23N5O2/c1-3-16(24)12-23-18(20-17(21-23)8-11-25-2)14-4-6-15(7-5-14)22-10-9-19-13-22/h4-7,9-10,13,16,24H,3,8,11-12H2,1-2H3. The van der Waals surface area contributed by atoms with Gasteiger partial charge in [-0.25, -0.2) is 14.6 Å². The topological polar surface area (TPSA) is 78.0 Å². The van der Waals surface area contributed by atoms with Crippen molar-refractivity contribution in [2.24, 2.45) is 0 Å². The van der Waals surface area contributed by atoms with Crippen LogP contribution in [0.2, 0.25) is 0 Å². The van der Waals surface area contributed by atoms with Gasteiger partial charge in [0.1, 0.15) is 0 Å². The van der Waals surface area contributed by atoms with E-state index in [1.807, 2.05) is 42.0 Å². The van der Waals surface area contributed by atoms with Crippen LogP contribution in [-0.4, -0.2) is 49.2 Å². The number of rotatable bonds is 8. The number of hydrogen-bond donors (Lipinski definition) is 1. The van der Waals surface area contributed by atoms with E-state index in [0.29, 0.717) is 26.0 Å². The molecule has 7 heteroatoms. The van der Waals surface area contributed by atoms with E-state index in [1.165, 1.54) is 0 Å². The van der Waals surface area contributed by atoms with Crippen LogP contribution >= 0.6 is 0 Å². The molecule has 0 bridgehead atoms. The monoisotopic (exact) mass is 341 g/mol. The Morgan fingerprint density at radius 3 is 2.68 bits per heavy atom. The minimum absolute atomic E-state index is 0.426. The molecule has 1 atom stereocenters. The van der Waals surface area contributed by atoms with Crippen LogP contribution in [-0.2, 0) is 17.7 Å². The quantitative estimate of drug-likeness (QED) is 0.679. The van der Waals surface area contributed by atoms with E-state index in [0.717, 1.165) is 22.9 Å². The average molecular weight is 341 g/mol. The molecule has 0 spiro atoms. The van der Waals surface area contributed by atoms with E-state index < -0.39 is 6.10 Å². The summed E-state index contributed by atoms with van der Waals surface area (Å²) in [5.41, 5.74) is 1.99. The number of aromatic nitrogens is 5. The van der Waals surface area contributed by atoms with Gasteiger partial charge in [0.25, 0.3) is 0 Å². The van der Waals surface area contributed by atoms with Crippen LogP contribution in [0.1, 0.15) is 19.2 Å². The van der Waals surface area contributed by atoms with Crippen LogP contribution in [0.15, 0.2) is 43.0 Å². The number of aliphatic hydroxyl groups excluding tert-OH is 1. The molecule has 7 nitrogen and oxygen atoms in total. The highest BCUT2D eigenvalue weighted by Gasteiger charge is 2.14. The number of methoxy groups -OCH3 is 1. The number of hydrogen-bond acceptors (Lipinski definition) is 5. The number of aliphatic hydroxyl groups is 1. The molecule has 0 radical (unpaired) electrons. The molecule has 1 N–H and O–H groups in total. The summed E-state index contributed by atoms with van der Waals surface area (Å²) < 4.78 is 8.84. The smallest absolute Gasteiger partial charge is 0.158 e. The molecule has 2 aromatic heterocycles. The second-order valence-corrected chi connectivity index (χ2v) is 5.86. The Kier molecular flexibility index (Phi) is 5.57. The molecule has 0 aliphatic carbocycles. The number of imidazole rings is 1. The summed E-state index contributed by atoms with van der Waals surface area (Å²) in [6.45, 7) is 2.95. The van der Waals surface area contributed by atoms with Crippen molar-refractivity contribution in [3.8, 4) is 17.1 Å². The van der Waals surface area contributed by atoms with Gasteiger partial charge in [-0.1, -0.05) is 6.92 Å². The van der Waals surface area contributed by atoms with E-state index in [4.69, 9.17) is 4.74 Å². The third kappa shape index (κ3) is 4.12. The third-order valence-electron chi connectivity index (χ3n) is 4.03. The van der Waals surface area contributed by atoms with Gasteiger partial charge >= 0.3 is 0 Å². The fourth-order valence-electron chi connectivity index (χ4n) is 2.55. The Labute approximate surface area is 146 Å². The molecular formula is C18H23N5O2. The lowest BCUT2D eigenvalue weighted by atomic mass is 10.2. The first kappa shape index (κ1) is 17.3. The van der Waals surface area contributed by atoms with Gasteiger partial charge in [0.2, 0.25) is 0 Å². The maximum Gasteiger partial charge on any atom is 0.158 e. The van der Waals surface area contributed by atoms with Crippen molar-refractivity contribution in [2.45, 2.75) is 32.4 Å². The zero-order valence-electron chi connectivity index (χ0n) is 14.5. The van der Waals surface area contributed by atoms with Gasteiger partial charge in [-0.3, -0.25) is 0 Å². The van der Waals surface area contributed by atoms with Crippen molar-refractivity contribution in [3.63, 3.8) is 0 Å². The predicted octanol–water partition coefficient (Wildman–Crippen LogP) is 2.09. The molecule has 2 heterocycles.